The summed E-state index contributed by atoms with van der Waals surface area (Å²) in [5.74, 6) is 0.145. The predicted octanol–water partition coefficient (Wildman–Crippen LogP) is 1.13. The Morgan fingerprint density at radius 3 is 2.69 bits per heavy atom. The van der Waals surface area contributed by atoms with E-state index in [9.17, 15) is 13.5 Å². The lowest BCUT2D eigenvalue weighted by Crippen LogP contribution is -2.46. The maximum absolute atomic E-state index is 11.0. The Kier molecular flexibility index (Phi) is 4.76. The van der Waals surface area contributed by atoms with Crippen LogP contribution in [-0.2, 0) is 14.6 Å². The third-order valence-electron chi connectivity index (χ3n) is 3.33. The Morgan fingerprint density at radius 2 is 2.12 bits per heavy atom. The fraction of sp³-hybridized carbons (Fsp3) is 1.00. The first-order valence-electron chi connectivity index (χ1n) is 5.80. The Morgan fingerprint density at radius 1 is 1.44 bits per heavy atom. The summed E-state index contributed by atoms with van der Waals surface area (Å²) in [7, 11) is -1.32. The summed E-state index contributed by atoms with van der Waals surface area (Å²) >= 11 is 0. The first-order chi connectivity index (χ1) is 7.37. The van der Waals surface area contributed by atoms with Crippen molar-refractivity contribution in [3.05, 3.63) is 0 Å². The Hall–Kier alpha value is -0.130. The molecule has 1 N–H and O–H groups in total. The van der Waals surface area contributed by atoms with Crippen molar-refractivity contribution in [3.63, 3.8) is 0 Å². The summed E-state index contributed by atoms with van der Waals surface area (Å²) in [5, 5.41) is 10.4. The van der Waals surface area contributed by atoms with E-state index >= 15 is 0 Å². The van der Waals surface area contributed by atoms with Crippen LogP contribution in [0.1, 0.15) is 38.5 Å². The zero-order chi connectivity index (χ0) is 12.2. The van der Waals surface area contributed by atoms with Crippen molar-refractivity contribution in [2.45, 2.75) is 50.2 Å². The van der Waals surface area contributed by atoms with E-state index in [-0.39, 0.29) is 11.9 Å². The highest BCUT2D eigenvalue weighted by Gasteiger charge is 2.38. The molecule has 2 unspecified atom stereocenters. The molecule has 4 nitrogen and oxygen atoms in total. The molecule has 1 aliphatic carbocycles. The van der Waals surface area contributed by atoms with Crippen LogP contribution in [0.25, 0.3) is 0 Å². The van der Waals surface area contributed by atoms with Crippen LogP contribution in [-0.4, -0.2) is 44.3 Å². The normalized spacial score (nSPS) is 31.6. The van der Waals surface area contributed by atoms with E-state index in [4.69, 9.17) is 4.74 Å². The van der Waals surface area contributed by atoms with Gasteiger partial charge in [-0.05, 0) is 25.7 Å². The van der Waals surface area contributed by atoms with Gasteiger partial charge in [0.2, 0.25) is 0 Å². The SMILES string of the molecule is COC1CCCCC1(O)CCCS(C)(=O)=O. The molecule has 0 spiro atoms. The highest BCUT2D eigenvalue weighted by atomic mass is 32.2. The van der Waals surface area contributed by atoms with Crippen LogP contribution in [0, 0.1) is 0 Å². The zero-order valence-electron chi connectivity index (χ0n) is 10.1. The van der Waals surface area contributed by atoms with Crippen molar-refractivity contribution >= 4 is 9.84 Å². The van der Waals surface area contributed by atoms with Crippen molar-refractivity contribution in [1.82, 2.24) is 0 Å². The summed E-state index contributed by atoms with van der Waals surface area (Å²) in [6.45, 7) is 0. The standard InChI is InChI=1S/C11H22O4S/c1-15-10-6-3-4-7-11(10,12)8-5-9-16(2,13)14/h10,12H,3-9H2,1-2H3. The summed E-state index contributed by atoms with van der Waals surface area (Å²) in [4.78, 5) is 0. The molecule has 16 heavy (non-hydrogen) atoms. The summed E-state index contributed by atoms with van der Waals surface area (Å²) in [6, 6.07) is 0. The number of hydrogen-bond acceptors (Lipinski definition) is 4. The molecule has 0 aromatic carbocycles. The highest BCUT2D eigenvalue weighted by molar-refractivity contribution is 7.90. The molecule has 2 atom stereocenters. The quantitative estimate of drug-likeness (QED) is 0.794. The highest BCUT2D eigenvalue weighted by Crippen LogP contribution is 2.34. The molecule has 5 heteroatoms. The second-order valence-electron chi connectivity index (χ2n) is 4.81. The smallest absolute Gasteiger partial charge is 0.147 e. The fourth-order valence-corrected chi connectivity index (χ4v) is 3.12. The molecule has 1 fully saturated rings. The van der Waals surface area contributed by atoms with Crippen LogP contribution in [0.5, 0.6) is 0 Å². The zero-order valence-corrected chi connectivity index (χ0v) is 10.9. The number of sulfone groups is 1. The molecule has 0 radical (unpaired) electrons. The molecular weight excluding hydrogens is 228 g/mol. The van der Waals surface area contributed by atoms with Gasteiger partial charge < -0.3 is 9.84 Å². The van der Waals surface area contributed by atoms with Gasteiger partial charge in [0.15, 0.2) is 0 Å². The molecule has 0 amide bonds. The van der Waals surface area contributed by atoms with Gasteiger partial charge in [-0.2, -0.15) is 0 Å². The average molecular weight is 250 g/mol. The van der Waals surface area contributed by atoms with Crippen LogP contribution in [0.3, 0.4) is 0 Å². The van der Waals surface area contributed by atoms with Crippen molar-refractivity contribution in [2.24, 2.45) is 0 Å². The van der Waals surface area contributed by atoms with E-state index in [2.05, 4.69) is 0 Å². The maximum atomic E-state index is 11.0. The van der Waals surface area contributed by atoms with E-state index in [1.54, 1.807) is 7.11 Å². The average Bonchev–Trinajstić information content (AvgIpc) is 2.16. The van der Waals surface area contributed by atoms with Crippen molar-refractivity contribution in [1.29, 1.82) is 0 Å². The van der Waals surface area contributed by atoms with Crippen LogP contribution in [0.15, 0.2) is 0 Å². The lowest BCUT2D eigenvalue weighted by Gasteiger charge is -2.39. The van der Waals surface area contributed by atoms with Gasteiger partial charge in [-0.15, -0.1) is 0 Å². The number of aliphatic hydroxyl groups is 1. The summed E-state index contributed by atoms with van der Waals surface area (Å²) in [5.41, 5.74) is -0.822. The molecule has 1 saturated carbocycles. The summed E-state index contributed by atoms with van der Waals surface area (Å²) < 4.78 is 27.3. The maximum Gasteiger partial charge on any atom is 0.147 e. The van der Waals surface area contributed by atoms with Gasteiger partial charge in [0.1, 0.15) is 9.84 Å². The predicted molar refractivity (Wildman–Crippen MR) is 63.2 cm³/mol. The van der Waals surface area contributed by atoms with Crippen LogP contribution in [0.4, 0.5) is 0 Å². The fourth-order valence-electron chi connectivity index (χ4n) is 2.45. The molecule has 0 saturated heterocycles. The van der Waals surface area contributed by atoms with Crippen LogP contribution in [0.2, 0.25) is 0 Å². The van der Waals surface area contributed by atoms with Gasteiger partial charge >= 0.3 is 0 Å². The lowest BCUT2D eigenvalue weighted by atomic mass is 9.79. The van der Waals surface area contributed by atoms with Crippen LogP contribution >= 0.6 is 0 Å². The number of rotatable bonds is 5. The Balaban J connectivity index is 2.48. The Bertz CT molecular complexity index is 312. The molecule has 0 aromatic heterocycles. The number of methoxy groups -OCH3 is 1. The first-order valence-corrected chi connectivity index (χ1v) is 7.86. The molecule has 0 bridgehead atoms. The number of ether oxygens (including phenoxy) is 1. The van der Waals surface area contributed by atoms with Crippen LogP contribution < -0.4 is 0 Å². The van der Waals surface area contributed by atoms with Gasteiger partial charge in [0.25, 0.3) is 0 Å². The second-order valence-corrected chi connectivity index (χ2v) is 7.07. The second kappa shape index (κ2) is 5.47. The molecular formula is C11H22O4S. The minimum Gasteiger partial charge on any atom is -0.387 e. The van der Waals surface area contributed by atoms with Crippen molar-refractivity contribution in [2.75, 3.05) is 19.1 Å². The van der Waals surface area contributed by atoms with Gasteiger partial charge in [-0.1, -0.05) is 12.8 Å². The van der Waals surface area contributed by atoms with Gasteiger partial charge in [-0.3, -0.25) is 0 Å². The minimum atomic E-state index is -2.93. The molecule has 0 aromatic rings. The van der Waals surface area contributed by atoms with E-state index in [1.807, 2.05) is 0 Å². The molecule has 0 heterocycles. The number of hydrogen-bond donors (Lipinski definition) is 1. The third kappa shape index (κ3) is 4.03. The van der Waals surface area contributed by atoms with E-state index in [1.165, 1.54) is 6.26 Å². The Labute approximate surface area is 97.9 Å². The summed E-state index contributed by atoms with van der Waals surface area (Å²) in [6.07, 6.45) is 5.77. The monoisotopic (exact) mass is 250 g/mol. The topological polar surface area (TPSA) is 63.6 Å². The molecule has 1 rings (SSSR count). The van der Waals surface area contributed by atoms with Gasteiger partial charge in [0.05, 0.1) is 11.7 Å². The van der Waals surface area contributed by atoms with E-state index < -0.39 is 15.4 Å². The molecule has 96 valence electrons. The van der Waals surface area contributed by atoms with E-state index in [0.717, 1.165) is 25.7 Å². The largest absolute Gasteiger partial charge is 0.387 e. The van der Waals surface area contributed by atoms with Crippen molar-refractivity contribution in [3.8, 4) is 0 Å². The lowest BCUT2D eigenvalue weighted by molar-refractivity contribution is -0.121. The van der Waals surface area contributed by atoms with Gasteiger partial charge in [-0.25, -0.2) is 8.42 Å². The molecule has 1 aliphatic rings. The molecule has 0 aliphatic heterocycles. The van der Waals surface area contributed by atoms with Crippen molar-refractivity contribution < 1.29 is 18.3 Å². The first kappa shape index (κ1) is 13.9. The van der Waals surface area contributed by atoms with Gasteiger partial charge in [0, 0.05) is 19.1 Å². The third-order valence-corrected chi connectivity index (χ3v) is 4.36. The van der Waals surface area contributed by atoms with E-state index in [0.29, 0.717) is 12.8 Å². The minimum absolute atomic E-state index is 0.138.